The zero-order valence-electron chi connectivity index (χ0n) is 7.19. The molecule has 2 rings (SSSR count). The Bertz CT molecular complexity index is 452. The molecule has 0 aliphatic rings. The Kier molecular flexibility index (Phi) is 2.39. The normalized spacial score (nSPS) is 11.7. The second-order valence-corrected chi connectivity index (χ2v) is 3.48. The van der Waals surface area contributed by atoms with Crippen LogP contribution in [0.15, 0.2) is 24.0 Å². The predicted molar refractivity (Wildman–Crippen MR) is 48.1 cm³/mol. The highest BCUT2D eigenvalue weighted by Crippen LogP contribution is 2.32. The molecule has 0 unspecified atom stereocenters. The van der Waals surface area contributed by atoms with Gasteiger partial charge in [-0.3, -0.25) is 9.97 Å². The van der Waals surface area contributed by atoms with Crippen LogP contribution in [0.3, 0.4) is 0 Å². The maximum atomic E-state index is 12.2. The van der Waals surface area contributed by atoms with Crippen molar-refractivity contribution in [1.82, 2.24) is 15.0 Å². The third kappa shape index (κ3) is 2.12. The molecule has 0 N–H and O–H groups in total. The molecule has 78 valence electrons. The minimum Gasteiger partial charge on any atom is -0.261 e. The molecular weight excluding hydrogens is 227 g/mol. The van der Waals surface area contributed by atoms with Crippen molar-refractivity contribution < 1.29 is 13.2 Å². The van der Waals surface area contributed by atoms with E-state index < -0.39 is 11.9 Å². The minimum absolute atomic E-state index is 0.218. The van der Waals surface area contributed by atoms with E-state index in [9.17, 15) is 13.2 Å². The van der Waals surface area contributed by atoms with Crippen molar-refractivity contribution >= 4 is 11.3 Å². The van der Waals surface area contributed by atoms with Crippen molar-refractivity contribution in [2.75, 3.05) is 0 Å². The first-order valence-corrected chi connectivity index (χ1v) is 4.74. The molecule has 2 aromatic rings. The van der Waals surface area contributed by atoms with E-state index in [1.54, 1.807) is 0 Å². The lowest BCUT2D eigenvalue weighted by Crippen LogP contribution is -2.04. The van der Waals surface area contributed by atoms with E-state index in [0.29, 0.717) is 5.69 Å². The standard InChI is InChI=1S/C8H4F3N3S/c9-8(10,11)6-4-15-7(14-6)5-3-12-1-2-13-5/h1-4H. The number of aromatic nitrogens is 3. The van der Waals surface area contributed by atoms with Gasteiger partial charge in [0.05, 0.1) is 6.20 Å². The number of halogens is 3. The van der Waals surface area contributed by atoms with Gasteiger partial charge >= 0.3 is 6.18 Å². The summed E-state index contributed by atoms with van der Waals surface area (Å²) in [6, 6.07) is 0. The summed E-state index contributed by atoms with van der Waals surface area (Å²) in [5.41, 5.74) is -0.550. The minimum atomic E-state index is -4.41. The van der Waals surface area contributed by atoms with E-state index in [0.717, 1.165) is 16.7 Å². The molecule has 0 bridgehead atoms. The average molecular weight is 231 g/mol. The predicted octanol–water partition coefficient (Wildman–Crippen LogP) is 2.62. The van der Waals surface area contributed by atoms with Gasteiger partial charge < -0.3 is 0 Å². The van der Waals surface area contributed by atoms with Gasteiger partial charge in [0, 0.05) is 17.8 Å². The van der Waals surface area contributed by atoms with E-state index in [-0.39, 0.29) is 5.01 Å². The molecule has 0 saturated carbocycles. The number of hydrogen-bond donors (Lipinski definition) is 0. The summed E-state index contributed by atoms with van der Waals surface area (Å²) in [5.74, 6) is 0. The quantitative estimate of drug-likeness (QED) is 0.757. The Balaban J connectivity index is 2.37. The summed E-state index contributed by atoms with van der Waals surface area (Å²) in [7, 11) is 0. The van der Waals surface area contributed by atoms with Crippen LogP contribution >= 0.6 is 11.3 Å². The lowest BCUT2D eigenvalue weighted by molar-refractivity contribution is -0.140. The van der Waals surface area contributed by atoms with E-state index in [1.165, 1.54) is 18.6 Å². The molecule has 0 aliphatic carbocycles. The number of nitrogens with zero attached hydrogens (tertiary/aromatic N) is 3. The fourth-order valence-corrected chi connectivity index (χ4v) is 1.72. The third-order valence-corrected chi connectivity index (χ3v) is 2.44. The Morgan fingerprint density at radius 2 is 2.00 bits per heavy atom. The van der Waals surface area contributed by atoms with Crippen molar-refractivity contribution in [2.45, 2.75) is 6.18 Å². The van der Waals surface area contributed by atoms with Gasteiger partial charge in [0.1, 0.15) is 10.7 Å². The van der Waals surface area contributed by atoms with Crippen molar-refractivity contribution in [1.29, 1.82) is 0 Å². The fourth-order valence-electron chi connectivity index (χ4n) is 0.931. The monoisotopic (exact) mass is 231 g/mol. The van der Waals surface area contributed by atoms with Gasteiger partial charge in [0.15, 0.2) is 5.69 Å². The molecule has 0 saturated heterocycles. The van der Waals surface area contributed by atoms with Crippen LogP contribution in [0.5, 0.6) is 0 Å². The van der Waals surface area contributed by atoms with Gasteiger partial charge in [-0.1, -0.05) is 0 Å². The van der Waals surface area contributed by atoms with Crippen molar-refractivity contribution in [3.8, 4) is 10.7 Å². The SMILES string of the molecule is FC(F)(F)c1csc(-c2cnccn2)n1. The first kappa shape index (κ1) is 10.0. The van der Waals surface area contributed by atoms with Crippen LogP contribution in [0.25, 0.3) is 10.7 Å². The van der Waals surface area contributed by atoms with E-state index >= 15 is 0 Å². The van der Waals surface area contributed by atoms with Crippen LogP contribution in [-0.4, -0.2) is 15.0 Å². The molecule has 0 amide bonds. The zero-order valence-corrected chi connectivity index (χ0v) is 8.01. The molecule has 2 heterocycles. The Labute approximate surface area is 86.6 Å². The summed E-state index contributed by atoms with van der Waals surface area (Å²) >= 11 is 0.896. The fraction of sp³-hybridized carbons (Fsp3) is 0.125. The number of hydrogen-bond acceptors (Lipinski definition) is 4. The van der Waals surface area contributed by atoms with Crippen molar-refractivity contribution in [2.24, 2.45) is 0 Å². The first-order chi connectivity index (χ1) is 7.07. The van der Waals surface area contributed by atoms with Crippen LogP contribution in [-0.2, 0) is 6.18 Å². The summed E-state index contributed by atoms with van der Waals surface area (Å²) in [4.78, 5) is 11.1. The molecule has 0 aliphatic heterocycles. The molecule has 3 nitrogen and oxygen atoms in total. The zero-order chi connectivity index (χ0) is 10.9. The van der Waals surface area contributed by atoms with Crippen LogP contribution in [0.4, 0.5) is 13.2 Å². The molecule has 0 atom stereocenters. The molecule has 0 fully saturated rings. The van der Waals surface area contributed by atoms with Gasteiger partial charge in [0.2, 0.25) is 0 Å². The smallest absolute Gasteiger partial charge is 0.261 e. The maximum absolute atomic E-state index is 12.2. The highest BCUT2D eigenvalue weighted by Gasteiger charge is 2.33. The Morgan fingerprint density at radius 3 is 2.53 bits per heavy atom. The lowest BCUT2D eigenvalue weighted by Gasteiger charge is -1.99. The van der Waals surface area contributed by atoms with Crippen LogP contribution in [0, 0.1) is 0 Å². The number of alkyl halides is 3. The third-order valence-electron chi connectivity index (χ3n) is 1.58. The lowest BCUT2D eigenvalue weighted by atomic mass is 10.4. The molecule has 0 spiro atoms. The highest BCUT2D eigenvalue weighted by molar-refractivity contribution is 7.13. The average Bonchev–Trinajstić information content (AvgIpc) is 2.67. The summed E-state index contributed by atoms with van der Waals surface area (Å²) < 4.78 is 36.7. The summed E-state index contributed by atoms with van der Waals surface area (Å²) in [6.07, 6.45) is -0.179. The topological polar surface area (TPSA) is 38.7 Å². The van der Waals surface area contributed by atoms with Crippen molar-refractivity contribution in [3.05, 3.63) is 29.7 Å². The summed E-state index contributed by atoms with van der Waals surface area (Å²) in [6.45, 7) is 0. The van der Waals surface area contributed by atoms with E-state index in [4.69, 9.17) is 0 Å². The second-order valence-electron chi connectivity index (χ2n) is 2.63. The summed E-state index contributed by atoms with van der Waals surface area (Å²) in [5, 5.41) is 1.18. The van der Waals surface area contributed by atoms with E-state index in [2.05, 4.69) is 15.0 Å². The largest absolute Gasteiger partial charge is 0.434 e. The van der Waals surface area contributed by atoms with Gasteiger partial charge in [-0.2, -0.15) is 13.2 Å². The molecule has 15 heavy (non-hydrogen) atoms. The Hall–Kier alpha value is -1.50. The molecule has 2 aromatic heterocycles. The highest BCUT2D eigenvalue weighted by atomic mass is 32.1. The molecule has 0 radical (unpaired) electrons. The van der Waals surface area contributed by atoms with Crippen LogP contribution in [0.2, 0.25) is 0 Å². The molecular formula is C8H4F3N3S. The second kappa shape index (κ2) is 3.58. The Morgan fingerprint density at radius 1 is 1.20 bits per heavy atom. The van der Waals surface area contributed by atoms with Gasteiger partial charge in [-0.15, -0.1) is 11.3 Å². The van der Waals surface area contributed by atoms with Crippen LogP contribution in [0.1, 0.15) is 5.69 Å². The van der Waals surface area contributed by atoms with Gasteiger partial charge in [0.25, 0.3) is 0 Å². The van der Waals surface area contributed by atoms with Gasteiger partial charge in [-0.05, 0) is 0 Å². The number of rotatable bonds is 1. The first-order valence-electron chi connectivity index (χ1n) is 3.86. The van der Waals surface area contributed by atoms with E-state index in [1.807, 2.05) is 0 Å². The number of thiazole rings is 1. The maximum Gasteiger partial charge on any atom is 0.434 e. The molecule has 7 heteroatoms. The van der Waals surface area contributed by atoms with Crippen LogP contribution < -0.4 is 0 Å². The van der Waals surface area contributed by atoms with Gasteiger partial charge in [-0.25, -0.2) is 4.98 Å². The van der Waals surface area contributed by atoms with Crippen molar-refractivity contribution in [3.63, 3.8) is 0 Å². The molecule has 0 aromatic carbocycles.